The number of hydrogen-bond acceptors (Lipinski definition) is 2. The van der Waals surface area contributed by atoms with Crippen LogP contribution in [0.3, 0.4) is 0 Å². The molecule has 1 aliphatic heterocycles. The highest BCUT2D eigenvalue weighted by Crippen LogP contribution is 2.25. The number of hydrogen-bond donors (Lipinski definition) is 1. The number of aryl methyl sites for hydroxylation is 2. The van der Waals surface area contributed by atoms with E-state index in [0.717, 1.165) is 30.6 Å². The third-order valence-corrected chi connectivity index (χ3v) is 5.73. The highest BCUT2D eigenvalue weighted by Gasteiger charge is 2.22. The van der Waals surface area contributed by atoms with Crippen LogP contribution in [0.15, 0.2) is 42.5 Å². The van der Waals surface area contributed by atoms with Gasteiger partial charge in [-0.05, 0) is 80.0 Å². The van der Waals surface area contributed by atoms with Gasteiger partial charge in [-0.2, -0.15) is 0 Å². The quantitative estimate of drug-likeness (QED) is 0.887. The van der Waals surface area contributed by atoms with Crippen LogP contribution in [-0.2, 0) is 17.6 Å². The molecule has 0 radical (unpaired) electrons. The molecule has 0 saturated carbocycles. The van der Waals surface area contributed by atoms with Crippen molar-refractivity contribution < 1.29 is 9.59 Å². The van der Waals surface area contributed by atoms with Crippen LogP contribution in [-0.4, -0.2) is 18.4 Å². The summed E-state index contributed by atoms with van der Waals surface area (Å²) in [5.74, 6) is 0.0766. The molecule has 2 aliphatic rings. The molecule has 2 amide bonds. The van der Waals surface area contributed by atoms with E-state index in [4.69, 9.17) is 0 Å². The van der Waals surface area contributed by atoms with Gasteiger partial charge >= 0.3 is 0 Å². The molecule has 27 heavy (non-hydrogen) atoms. The van der Waals surface area contributed by atoms with Crippen LogP contribution in [0.4, 0.5) is 5.69 Å². The fraction of sp³-hybridized carbons (Fsp3) is 0.391. The zero-order valence-electron chi connectivity index (χ0n) is 15.8. The van der Waals surface area contributed by atoms with Gasteiger partial charge < -0.3 is 10.2 Å². The van der Waals surface area contributed by atoms with Crippen LogP contribution in [0.25, 0.3) is 0 Å². The van der Waals surface area contributed by atoms with E-state index < -0.39 is 0 Å². The lowest BCUT2D eigenvalue weighted by molar-refractivity contribution is -0.117. The fourth-order valence-corrected chi connectivity index (χ4v) is 4.10. The third-order valence-electron chi connectivity index (χ3n) is 5.73. The van der Waals surface area contributed by atoms with Gasteiger partial charge in [-0.15, -0.1) is 0 Å². The minimum Gasteiger partial charge on any atom is -0.346 e. The van der Waals surface area contributed by atoms with E-state index in [2.05, 4.69) is 23.5 Å². The lowest BCUT2D eigenvalue weighted by Gasteiger charge is -2.20. The Kier molecular flexibility index (Phi) is 4.97. The summed E-state index contributed by atoms with van der Waals surface area (Å²) >= 11 is 0. The zero-order valence-corrected chi connectivity index (χ0v) is 15.8. The maximum Gasteiger partial charge on any atom is 0.251 e. The minimum atomic E-state index is -0.0838. The highest BCUT2D eigenvalue weighted by molar-refractivity contribution is 5.97. The molecule has 0 bridgehead atoms. The molecule has 140 valence electrons. The summed E-state index contributed by atoms with van der Waals surface area (Å²) < 4.78 is 0. The first kappa shape index (κ1) is 17.8. The maximum absolute atomic E-state index is 12.6. The number of amides is 2. The van der Waals surface area contributed by atoms with Crippen molar-refractivity contribution in [3.63, 3.8) is 0 Å². The number of anilines is 1. The molecule has 1 N–H and O–H groups in total. The van der Waals surface area contributed by atoms with Crippen LogP contribution in [0.1, 0.15) is 65.7 Å². The minimum absolute atomic E-state index is 0.0374. The van der Waals surface area contributed by atoms with E-state index in [9.17, 15) is 9.59 Å². The molecule has 4 rings (SSSR count). The standard InChI is InChI=1S/C23H26N2O2/c1-16(19-9-8-17-5-2-3-6-20(17)15-19)24-23(27)18-10-12-21(13-11-18)25-14-4-7-22(25)26/h8-13,15-16H,2-7,14H2,1H3,(H,24,27)/t16-/m1/s1. The van der Waals surface area contributed by atoms with Gasteiger partial charge in [-0.25, -0.2) is 0 Å². The van der Waals surface area contributed by atoms with Crippen molar-refractivity contribution in [2.24, 2.45) is 0 Å². The highest BCUT2D eigenvalue weighted by atomic mass is 16.2. The van der Waals surface area contributed by atoms with Gasteiger partial charge in [-0.1, -0.05) is 18.2 Å². The van der Waals surface area contributed by atoms with Crippen LogP contribution in [0.2, 0.25) is 0 Å². The van der Waals surface area contributed by atoms with E-state index in [-0.39, 0.29) is 17.9 Å². The number of benzene rings is 2. The number of rotatable bonds is 4. The topological polar surface area (TPSA) is 49.4 Å². The van der Waals surface area contributed by atoms with E-state index in [0.29, 0.717) is 12.0 Å². The fourth-order valence-electron chi connectivity index (χ4n) is 4.10. The molecule has 0 aromatic heterocycles. The zero-order chi connectivity index (χ0) is 18.8. The summed E-state index contributed by atoms with van der Waals surface area (Å²) in [4.78, 5) is 26.3. The second-order valence-corrected chi connectivity index (χ2v) is 7.63. The summed E-state index contributed by atoms with van der Waals surface area (Å²) in [7, 11) is 0. The van der Waals surface area contributed by atoms with Crippen molar-refractivity contribution >= 4 is 17.5 Å². The van der Waals surface area contributed by atoms with Gasteiger partial charge in [0.25, 0.3) is 5.91 Å². The molecule has 2 aromatic rings. The average Bonchev–Trinajstić information content (AvgIpc) is 3.13. The third kappa shape index (κ3) is 3.75. The number of carbonyl (C=O) groups excluding carboxylic acids is 2. The second kappa shape index (κ2) is 7.55. The van der Waals surface area contributed by atoms with Crippen LogP contribution in [0.5, 0.6) is 0 Å². The Morgan fingerprint density at radius 3 is 2.41 bits per heavy atom. The van der Waals surface area contributed by atoms with Crippen molar-refractivity contribution in [1.29, 1.82) is 0 Å². The first-order valence-corrected chi connectivity index (χ1v) is 9.95. The number of fused-ring (bicyclic) bond motifs is 1. The van der Waals surface area contributed by atoms with Crippen LogP contribution >= 0.6 is 0 Å². The summed E-state index contributed by atoms with van der Waals surface area (Å²) in [5, 5.41) is 3.10. The van der Waals surface area contributed by atoms with Crippen molar-refractivity contribution in [3.05, 3.63) is 64.7 Å². The van der Waals surface area contributed by atoms with Crippen LogP contribution < -0.4 is 10.2 Å². The number of carbonyl (C=O) groups is 2. The lowest BCUT2D eigenvalue weighted by Crippen LogP contribution is -2.27. The predicted molar refractivity (Wildman–Crippen MR) is 107 cm³/mol. The Morgan fingerprint density at radius 1 is 0.963 bits per heavy atom. The summed E-state index contributed by atoms with van der Waals surface area (Å²) in [5.41, 5.74) is 5.53. The molecular weight excluding hydrogens is 336 g/mol. The Morgan fingerprint density at radius 2 is 1.70 bits per heavy atom. The maximum atomic E-state index is 12.6. The van der Waals surface area contributed by atoms with Gasteiger partial charge in [0.15, 0.2) is 0 Å². The summed E-state index contributed by atoms with van der Waals surface area (Å²) in [6.45, 7) is 2.79. The van der Waals surface area contributed by atoms with E-state index in [1.165, 1.54) is 30.4 Å². The Hall–Kier alpha value is -2.62. The molecular formula is C23H26N2O2. The Balaban J connectivity index is 1.43. The van der Waals surface area contributed by atoms with Crippen molar-refractivity contribution in [2.45, 2.75) is 51.5 Å². The first-order chi connectivity index (χ1) is 13.1. The smallest absolute Gasteiger partial charge is 0.251 e. The predicted octanol–water partition coefficient (Wildman–Crippen LogP) is 4.18. The van der Waals surface area contributed by atoms with Gasteiger partial charge in [0.1, 0.15) is 0 Å². The van der Waals surface area contributed by atoms with Crippen molar-refractivity contribution in [1.82, 2.24) is 5.32 Å². The monoisotopic (exact) mass is 362 g/mol. The SMILES string of the molecule is C[C@@H](NC(=O)c1ccc(N2CCCC2=O)cc1)c1ccc2c(c1)CCCC2. The molecule has 1 saturated heterocycles. The molecule has 4 heteroatoms. The molecule has 1 fully saturated rings. The Labute approximate surface area is 160 Å². The Bertz CT molecular complexity index is 857. The van der Waals surface area contributed by atoms with Crippen molar-refractivity contribution in [2.75, 3.05) is 11.4 Å². The van der Waals surface area contributed by atoms with Crippen LogP contribution in [0, 0.1) is 0 Å². The van der Waals surface area contributed by atoms with Crippen molar-refractivity contribution in [3.8, 4) is 0 Å². The first-order valence-electron chi connectivity index (χ1n) is 9.95. The second-order valence-electron chi connectivity index (χ2n) is 7.63. The summed E-state index contributed by atoms with van der Waals surface area (Å²) in [6.07, 6.45) is 6.35. The van der Waals surface area contributed by atoms with Gasteiger partial charge in [0.05, 0.1) is 6.04 Å². The number of nitrogens with zero attached hydrogens (tertiary/aromatic N) is 1. The average molecular weight is 362 g/mol. The molecule has 2 aromatic carbocycles. The molecule has 4 nitrogen and oxygen atoms in total. The molecule has 1 heterocycles. The molecule has 1 atom stereocenters. The van der Waals surface area contributed by atoms with E-state index >= 15 is 0 Å². The largest absolute Gasteiger partial charge is 0.346 e. The van der Waals surface area contributed by atoms with Gasteiger partial charge in [-0.3, -0.25) is 9.59 Å². The molecule has 1 aliphatic carbocycles. The molecule has 0 spiro atoms. The van der Waals surface area contributed by atoms with Gasteiger partial charge in [0.2, 0.25) is 5.91 Å². The van der Waals surface area contributed by atoms with Gasteiger partial charge in [0, 0.05) is 24.2 Å². The summed E-state index contributed by atoms with van der Waals surface area (Å²) in [6, 6.07) is 13.9. The van der Waals surface area contributed by atoms with E-state index in [1.807, 2.05) is 19.1 Å². The van der Waals surface area contributed by atoms with E-state index in [1.54, 1.807) is 17.0 Å². The lowest BCUT2D eigenvalue weighted by atomic mass is 9.89. The number of nitrogens with one attached hydrogen (secondary N) is 1. The normalized spacial score (nSPS) is 17.5. The molecule has 0 unspecified atom stereocenters.